The van der Waals surface area contributed by atoms with E-state index in [1.54, 1.807) is 0 Å². The molecule has 0 saturated carbocycles. The average molecular weight is 203 g/mol. The highest BCUT2D eigenvalue weighted by Crippen LogP contribution is 2.16. The highest BCUT2D eigenvalue weighted by Gasteiger charge is 2.12. The standard InChI is InChI=1S/C14H21N/c1-2-12-5-7-13(8-6-12)10-14-4-3-9-15-11-14/h5-8,14-15H,2-4,9-11H2,1H3/t14-/m1/s1. The van der Waals surface area contributed by atoms with Crippen molar-refractivity contribution in [2.75, 3.05) is 13.1 Å². The molecular weight excluding hydrogens is 182 g/mol. The van der Waals surface area contributed by atoms with E-state index in [1.165, 1.54) is 43.5 Å². The van der Waals surface area contributed by atoms with Gasteiger partial charge in [-0.1, -0.05) is 31.2 Å². The molecule has 1 atom stereocenters. The third kappa shape index (κ3) is 3.07. The number of rotatable bonds is 3. The second kappa shape index (κ2) is 5.32. The van der Waals surface area contributed by atoms with Gasteiger partial charge in [-0.05, 0) is 55.8 Å². The van der Waals surface area contributed by atoms with Crippen LogP contribution in [0, 0.1) is 5.92 Å². The first-order chi connectivity index (χ1) is 7.38. The average Bonchev–Trinajstić information content (AvgIpc) is 2.31. The Kier molecular flexibility index (Phi) is 3.79. The molecule has 0 bridgehead atoms. The molecule has 82 valence electrons. The van der Waals surface area contributed by atoms with E-state index in [0.717, 1.165) is 12.3 Å². The highest BCUT2D eigenvalue weighted by molar-refractivity contribution is 5.22. The van der Waals surface area contributed by atoms with Crippen LogP contribution in [0.1, 0.15) is 30.9 Å². The summed E-state index contributed by atoms with van der Waals surface area (Å²) in [5, 5.41) is 3.48. The SMILES string of the molecule is CCc1ccc(C[C@H]2CCCNC2)cc1. The number of hydrogen-bond donors (Lipinski definition) is 1. The van der Waals surface area contributed by atoms with E-state index >= 15 is 0 Å². The maximum absolute atomic E-state index is 3.48. The van der Waals surface area contributed by atoms with Gasteiger partial charge in [0.15, 0.2) is 0 Å². The van der Waals surface area contributed by atoms with Crippen molar-refractivity contribution >= 4 is 0 Å². The Morgan fingerprint density at radius 3 is 2.53 bits per heavy atom. The monoisotopic (exact) mass is 203 g/mol. The van der Waals surface area contributed by atoms with Gasteiger partial charge in [-0.2, -0.15) is 0 Å². The molecule has 1 aliphatic rings. The number of nitrogens with one attached hydrogen (secondary N) is 1. The van der Waals surface area contributed by atoms with Crippen molar-refractivity contribution in [1.29, 1.82) is 0 Å². The van der Waals surface area contributed by atoms with Crippen LogP contribution in [0.2, 0.25) is 0 Å². The lowest BCUT2D eigenvalue weighted by Crippen LogP contribution is -2.30. The Morgan fingerprint density at radius 2 is 1.93 bits per heavy atom. The van der Waals surface area contributed by atoms with Crippen molar-refractivity contribution in [2.45, 2.75) is 32.6 Å². The molecule has 1 aliphatic heterocycles. The van der Waals surface area contributed by atoms with Crippen LogP contribution in [-0.2, 0) is 12.8 Å². The third-order valence-corrected chi connectivity index (χ3v) is 3.35. The van der Waals surface area contributed by atoms with E-state index in [9.17, 15) is 0 Å². The molecule has 2 rings (SSSR count). The van der Waals surface area contributed by atoms with Gasteiger partial charge in [-0.3, -0.25) is 0 Å². The molecule has 0 aliphatic carbocycles. The molecule has 0 spiro atoms. The molecule has 15 heavy (non-hydrogen) atoms. The molecular formula is C14H21N. The van der Waals surface area contributed by atoms with E-state index in [4.69, 9.17) is 0 Å². The highest BCUT2D eigenvalue weighted by atomic mass is 14.9. The van der Waals surface area contributed by atoms with Gasteiger partial charge in [-0.15, -0.1) is 0 Å². The molecule has 0 radical (unpaired) electrons. The molecule has 1 heteroatoms. The number of hydrogen-bond acceptors (Lipinski definition) is 1. The van der Waals surface area contributed by atoms with Gasteiger partial charge in [-0.25, -0.2) is 0 Å². The van der Waals surface area contributed by atoms with Crippen LogP contribution < -0.4 is 5.32 Å². The lowest BCUT2D eigenvalue weighted by atomic mass is 9.92. The van der Waals surface area contributed by atoms with Crippen LogP contribution in [0.3, 0.4) is 0 Å². The smallest absolute Gasteiger partial charge is 0.00173 e. The number of piperidine rings is 1. The maximum atomic E-state index is 3.48. The zero-order chi connectivity index (χ0) is 10.5. The fourth-order valence-corrected chi connectivity index (χ4v) is 2.34. The van der Waals surface area contributed by atoms with Crippen LogP contribution in [0.15, 0.2) is 24.3 Å². The molecule has 1 aromatic rings. The minimum absolute atomic E-state index is 0.853. The predicted octanol–water partition coefficient (Wildman–Crippen LogP) is 2.79. The first-order valence-corrected chi connectivity index (χ1v) is 6.17. The summed E-state index contributed by atoms with van der Waals surface area (Å²) in [6.45, 7) is 4.63. The van der Waals surface area contributed by atoms with Crippen molar-refractivity contribution < 1.29 is 0 Å². The summed E-state index contributed by atoms with van der Waals surface area (Å²) in [6, 6.07) is 9.14. The first kappa shape index (κ1) is 10.7. The quantitative estimate of drug-likeness (QED) is 0.796. The maximum Gasteiger partial charge on any atom is -0.00173 e. The topological polar surface area (TPSA) is 12.0 Å². The van der Waals surface area contributed by atoms with E-state index in [2.05, 4.69) is 36.5 Å². The van der Waals surface area contributed by atoms with Gasteiger partial charge in [0, 0.05) is 0 Å². The third-order valence-electron chi connectivity index (χ3n) is 3.35. The van der Waals surface area contributed by atoms with Gasteiger partial charge < -0.3 is 5.32 Å². The summed E-state index contributed by atoms with van der Waals surface area (Å²) >= 11 is 0. The van der Waals surface area contributed by atoms with E-state index in [-0.39, 0.29) is 0 Å². The summed E-state index contributed by atoms with van der Waals surface area (Å²) in [5.41, 5.74) is 2.95. The van der Waals surface area contributed by atoms with Crippen LogP contribution in [0.4, 0.5) is 0 Å². The minimum atomic E-state index is 0.853. The Morgan fingerprint density at radius 1 is 1.20 bits per heavy atom. The largest absolute Gasteiger partial charge is 0.316 e. The number of aryl methyl sites for hydroxylation is 1. The Bertz CT molecular complexity index is 283. The molecule has 0 aromatic heterocycles. The molecule has 1 aromatic carbocycles. The molecule has 1 N–H and O–H groups in total. The molecule has 1 saturated heterocycles. The van der Waals surface area contributed by atoms with E-state index in [0.29, 0.717) is 0 Å². The fourth-order valence-electron chi connectivity index (χ4n) is 2.34. The van der Waals surface area contributed by atoms with Gasteiger partial charge in [0.25, 0.3) is 0 Å². The summed E-state index contributed by atoms with van der Waals surface area (Å²) in [4.78, 5) is 0. The van der Waals surface area contributed by atoms with Crippen molar-refractivity contribution in [3.63, 3.8) is 0 Å². The minimum Gasteiger partial charge on any atom is -0.316 e. The summed E-state index contributed by atoms with van der Waals surface area (Å²) < 4.78 is 0. The van der Waals surface area contributed by atoms with E-state index < -0.39 is 0 Å². The lowest BCUT2D eigenvalue weighted by molar-refractivity contribution is 0.376. The van der Waals surface area contributed by atoms with Gasteiger partial charge in [0.05, 0.1) is 0 Å². The van der Waals surface area contributed by atoms with Crippen molar-refractivity contribution in [2.24, 2.45) is 5.92 Å². The molecule has 0 amide bonds. The van der Waals surface area contributed by atoms with Gasteiger partial charge in [0.2, 0.25) is 0 Å². The summed E-state index contributed by atoms with van der Waals surface area (Å²) in [6.07, 6.45) is 5.13. The van der Waals surface area contributed by atoms with Gasteiger partial charge >= 0.3 is 0 Å². The lowest BCUT2D eigenvalue weighted by Gasteiger charge is -2.22. The molecule has 0 unspecified atom stereocenters. The van der Waals surface area contributed by atoms with Crippen LogP contribution in [0.25, 0.3) is 0 Å². The van der Waals surface area contributed by atoms with Crippen LogP contribution >= 0.6 is 0 Å². The van der Waals surface area contributed by atoms with Crippen molar-refractivity contribution in [3.05, 3.63) is 35.4 Å². The normalized spacial score (nSPS) is 21.5. The van der Waals surface area contributed by atoms with Crippen molar-refractivity contribution in [1.82, 2.24) is 5.32 Å². The second-order valence-corrected chi connectivity index (χ2v) is 4.59. The van der Waals surface area contributed by atoms with Gasteiger partial charge in [0.1, 0.15) is 0 Å². The molecule has 1 nitrogen and oxygen atoms in total. The molecule has 1 fully saturated rings. The zero-order valence-electron chi connectivity index (χ0n) is 9.63. The summed E-state index contributed by atoms with van der Waals surface area (Å²) in [5.74, 6) is 0.853. The first-order valence-electron chi connectivity index (χ1n) is 6.17. The number of benzene rings is 1. The zero-order valence-corrected chi connectivity index (χ0v) is 9.63. The van der Waals surface area contributed by atoms with Crippen LogP contribution in [-0.4, -0.2) is 13.1 Å². The van der Waals surface area contributed by atoms with Crippen molar-refractivity contribution in [3.8, 4) is 0 Å². The second-order valence-electron chi connectivity index (χ2n) is 4.59. The van der Waals surface area contributed by atoms with Crippen LogP contribution in [0.5, 0.6) is 0 Å². The predicted molar refractivity (Wildman–Crippen MR) is 65.1 cm³/mol. The Hall–Kier alpha value is -0.820. The molecule has 1 heterocycles. The Balaban J connectivity index is 1.91. The Labute approximate surface area is 92.9 Å². The van der Waals surface area contributed by atoms with E-state index in [1.807, 2.05) is 0 Å². The fraction of sp³-hybridized carbons (Fsp3) is 0.571. The summed E-state index contributed by atoms with van der Waals surface area (Å²) in [7, 11) is 0.